The predicted molar refractivity (Wildman–Crippen MR) is 75.9 cm³/mol. The Labute approximate surface area is 125 Å². The van der Waals surface area contributed by atoms with Gasteiger partial charge in [0.1, 0.15) is 11.4 Å². The molecule has 3 rings (SSSR count). The largest absolute Gasteiger partial charge is 0.495 e. The minimum Gasteiger partial charge on any atom is -0.495 e. The standard InChI is InChI=1S/C13H11ClN6O/c1-21-11-4-9(5-15-6-11)12-8-20(19-17-12)7-10-2-3-13(14)18-16-10/h2-6,8H,7H2,1H3. The molecule has 3 aromatic rings. The summed E-state index contributed by atoms with van der Waals surface area (Å²) in [6.45, 7) is 0.467. The highest BCUT2D eigenvalue weighted by Gasteiger charge is 2.07. The van der Waals surface area contributed by atoms with E-state index in [1.54, 1.807) is 36.3 Å². The van der Waals surface area contributed by atoms with Crippen molar-refractivity contribution in [3.05, 3.63) is 47.6 Å². The Morgan fingerprint density at radius 1 is 1.19 bits per heavy atom. The second kappa shape index (κ2) is 5.84. The molecule has 0 amide bonds. The van der Waals surface area contributed by atoms with Crippen molar-refractivity contribution < 1.29 is 4.74 Å². The highest BCUT2D eigenvalue weighted by atomic mass is 35.5. The summed E-state index contributed by atoms with van der Waals surface area (Å²) in [7, 11) is 1.59. The normalized spacial score (nSPS) is 10.6. The van der Waals surface area contributed by atoms with Crippen LogP contribution in [0.1, 0.15) is 5.69 Å². The van der Waals surface area contributed by atoms with Crippen LogP contribution in [0, 0.1) is 0 Å². The Hall–Kier alpha value is -2.54. The minimum atomic E-state index is 0.362. The summed E-state index contributed by atoms with van der Waals surface area (Å²) in [5.74, 6) is 0.672. The zero-order chi connectivity index (χ0) is 14.7. The van der Waals surface area contributed by atoms with Gasteiger partial charge in [0.2, 0.25) is 0 Å². The topological polar surface area (TPSA) is 78.6 Å². The zero-order valence-electron chi connectivity index (χ0n) is 11.1. The molecule has 0 saturated heterocycles. The fourth-order valence-corrected chi connectivity index (χ4v) is 1.87. The van der Waals surface area contributed by atoms with Crippen molar-refractivity contribution in [2.45, 2.75) is 6.54 Å². The first-order chi connectivity index (χ1) is 10.2. The number of pyridine rings is 1. The maximum Gasteiger partial charge on any atom is 0.151 e. The third-order valence-corrected chi connectivity index (χ3v) is 3.00. The zero-order valence-corrected chi connectivity index (χ0v) is 11.9. The van der Waals surface area contributed by atoms with Gasteiger partial charge in [-0.15, -0.1) is 10.2 Å². The third-order valence-electron chi connectivity index (χ3n) is 2.79. The first-order valence-corrected chi connectivity index (χ1v) is 6.50. The molecular weight excluding hydrogens is 292 g/mol. The molecule has 0 N–H and O–H groups in total. The van der Waals surface area contributed by atoms with Gasteiger partial charge in [-0.3, -0.25) is 4.98 Å². The van der Waals surface area contributed by atoms with Gasteiger partial charge in [-0.25, -0.2) is 4.68 Å². The molecule has 0 aromatic carbocycles. The first-order valence-electron chi connectivity index (χ1n) is 6.12. The van der Waals surface area contributed by atoms with Gasteiger partial charge in [-0.2, -0.15) is 5.10 Å². The molecule has 0 unspecified atom stereocenters. The monoisotopic (exact) mass is 302 g/mol. The minimum absolute atomic E-state index is 0.362. The van der Waals surface area contributed by atoms with E-state index in [9.17, 15) is 0 Å². The SMILES string of the molecule is COc1cncc(-c2cn(Cc3ccc(Cl)nn3)nn2)c1. The van der Waals surface area contributed by atoms with Crippen LogP contribution in [0.2, 0.25) is 5.15 Å². The average molecular weight is 303 g/mol. The van der Waals surface area contributed by atoms with Crippen LogP contribution in [0.3, 0.4) is 0 Å². The molecule has 0 fully saturated rings. The molecule has 0 aliphatic heterocycles. The number of hydrogen-bond donors (Lipinski definition) is 0. The number of hydrogen-bond acceptors (Lipinski definition) is 6. The average Bonchev–Trinajstić information content (AvgIpc) is 2.98. The van der Waals surface area contributed by atoms with E-state index >= 15 is 0 Å². The molecule has 0 radical (unpaired) electrons. The van der Waals surface area contributed by atoms with Gasteiger partial charge in [-0.05, 0) is 18.2 Å². The Morgan fingerprint density at radius 3 is 2.86 bits per heavy atom. The van der Waals surface area contributed by atoms with Crippen LogP contribution < -0.4 is 4.74 Å². The lowest BCUT2D eigenvalue weighted by Crippen LogP contribution is -2.03. The van der Waals surface area contributed by atoms with Crippen LogP contribution in [0.5, 0.6) is 5.75 Å². The van der Waals surface area contributed by atoms with E-state index in [4.69, 9.17) is 16.3 Å². The predicted octanol–water partition coefficient (Wildman–Crippen LogP) is 1.84. The lowest BCUT2D eigenvalue weighted by Gasteiger charge is -2.00. The molecule has 0 bridgehead atoms. The molecule has 8 heteroatoms. The molecule has 21 heavy (non-hydrogen) atoms. The lowest BCUT2D eigenvalue weighted by molar-refractivity contribution is 0.413. The highest BCUT2D eigenvalue weighted by molar-refractivity contribution is 6.29. The van der Waals surface area contributed by atoms with Gasteiger partial charge in [0.15, 0.2) is 5.15 Å². The molecule has 0 atom stereocenters. The van der Waals surface area contributed by atoms with E-state index < -0.39 is 0 Å². The van der Waals surface area contributed by atoms with E-state index in [-0.39, 0.29) is 0 Å². The first kappa shape index (κ1) is 13.4. The van der Waals surface area contributed by atoms with Crippen LogP contribution in [0.4, 0.5) is 0 Å². The van der Waals surface area contributed by atoms with Gasteiger partial charge in [0.25, 0.3) is 0 Å². The number of nitrogens with zero attached hydrogens (tertiary/aromatic N) is 6. The van der Waals surface area contributed by atoms with E-state index in [0.717, 1.165) is 11.3 Å². The maximum absolute atomic E-state index is 5.70. The summed E-state index contributed by atoms with van der Waals surface area (Å²) < 4.78 is 6.82. The fourth-order valence-electron chi connectivity index (χ4n) is 1.77. The second-order valence-corrected chi connectivity index (χ2v) is 4.65. The second-order valence-electron chi connectivity index (χ2n) is 4.26. The lowest BCUT2D eigenvalue weighted by atomic mass is 10.2. The quantitative estimate of drug-likeness (QED) is 0.731. The molecule has 0 spiro atoms. The summed E-state index contributed by atoms with van der Waals surface area (Å²) in [6.07, 6.45) is 5.16. The summed E-state index contributed by atoms with van der Waals surface area (Å²) in [5, 5.41) is 16.3. The van der Waals surface area contributed by atoms with E-state index in [2.05, 4.69) is 25.5 Å². The van der Waals surface area contributed by atoms with Crippen molar-refractivity contribution in [1.82, 2.24) is 30.2 Å². The van der Waals surface area contributed by atoms with Gasteiger partial charge >= 0.3 is 0 Å². The molecule has 0 saturated carbocycles. The van der Waals surface area contributed by atoms with E-state index in [1.165, 1.54) is 0 Å². The number of methoxy groups -OCH3 is 1. The summed E-state index contributed by atoms with van der Waals surface area (Å²) in [6, 6.07) is 5.33. The Kier molecular flexibility index (Phi) is 3.74. The molecule has 3 heterocycles. The Bertz CT molecular complexity index is 742. The smallest absolute Gasteiger partial charge is 0.151 e. The highest BCUT2D eigenvalue weighted by Crippen LogP contribution is 2.20. The molecule has 7 nitrogen and oxygen atoms in total. The van der Waals surface area contributed by atoms with Crippen LogP contribution in [-0.2, 0) is 6.54 Å². The summed E-state index contributed by atoms with van der Waals surface area (Å²) in [5.41, 5.74) is 2.30. The van der Waals surface area contributed by atoms with Crippen molar-refractivity contribution in [1.29, 1.82) is 0 Å². The van der Waals surface area contributed by atoms with Crippen molar-refractivity contribution in [2.75, 3.05) is 7.11 Å². The molecule has 106 valence electrons. The van der Waals surface area contributed by atoms with Gasteiger partial charge < -0.3 is 4.74 Å². The number of rotatable bonds is 4. The number of halogens is 1. The van der Waals surface area contributed by atoms with E-state index in [1.807, 2.05) is 12.3 Å². The fraction of sp³-hybridized carbons (Fsp3) is 0.154. The van der Waals surface area contributed by atoms with Crippen LogP contribution in [0.15, 0.2) is 36.8 Å². The maximum atomic E-state index is 5.70. The number of ether oxygens (including phenoxy) is 1. The van der Waals surface area contributed by atoms with Crippen molar-refractivity contribution >= 4 is 11.6 Å². The van der Waals surface area contributed by atoms with Gasteiger partial charge in [-0.1, -0.05) is 16.8 Å². The summed E-state index contributed by atoms with van der Waals surface area (Å²) >= 11 is 5.70. The summed E-state index contributed by atoms with van der Waals surface area (Å²) in [4.78, 5) is 4.10. The Balaban J connectivity index is 1.81. The van der Waals surface area contributed by atoms with Crippen LogP contribution in [-0.4, -0.2) is 37.3 Å². The van der Waals surface area contributed by atoms with Crippen LogP contribution in [0.25, 0.3) is 11.3 Å². The van der Waals surface area contributed by atoms with E-state index in [0.29, 0.717) is 23.1 Å². The Morgan fingerprint density at radius 2 is 2.10 bits per heavy atom. The van der Waals surface area contributed by atoms with Crippen molar-refractivity contribution in [3.8, 4) is 17.0 Å². The van der Waals surface area contributed by atoms with Crippen LogP contribution >= 0.6 is 11.6 Å². The molecule has 0 aliphatic carbocycles. The van der Waals surface area contributed by atoms with Crippen molar-refractivity contribution in [3.63, 3.8) is 0 Å². The molecule has 0 aliphatic rings. The molecular formula is C13H11ClN6O. The van der Waals surface area contributed by atoms with Gasteiger partial charge in [0.05, 0.1) is 31.7 Å². The number of aromatic nitrogens is 6. The van der Waals surface area contributed by atoms with Crippen molar-refractivity contribution in [2.24, 2.45) is 0 Å². The molecule has 3 aromatic heterocycles. The third kappa shape index (κ3) is 3.14. The van der Waals surface area contributed by atoms with Gasteiger partial charge in [0, 0.05) is 11.8 Å².